The van der Waals surface area contributed by atoms with Gasteiger partial charge < -0.3 is 14.7 Å². The van der Waals surface area contributed by atoms with Crippen molar-refractivity contribution in [3.05, 3.63) is 18.0 Å². The Hall–Kier alpha value is -1.41. The van der Waals surface area contributed by atoms with Crippen LogP contribution in [-0.4, -0.2) is 47.5 Å². The number of rotatable bonds is 2. The Labute approximate surface area is 126 Å². The third-order valence-electron chi connectivity index (χ3n) is 4.94. The minimum Gasteiger partial charge on any atom is -0.392 e. The van der Waals surface area contributed by atoms with Crippen molar-refractivity contribution < 1.29 is 23.0 Å². The molecule has 1 N–H and O–H groups in total. The molecule has 1 aliphatic carbocycles. The van der Waals surface area contributed by atoms with E-state index in [4.69, 9.17) is 4.74 Å². The summed E-state index contributed by atoms with van der Waals surface area (Å²) in [7, 11) is 1.63. The summed E-state index contributed by atoms with van der Waals surface area (Å²) in [5.41, 5.74) is -1.20. The molecule has 0 amide bonds. The van der Waals surface area contributed by atoms with Crippen molar-refractivity contribution in [2.24, 2.45) is 5.41 Å². The topological polar surface area (TPSA) is 58.5 Å². The van der Waals surface area contributed by atoms with Gasteiger partial charge in [0.15, 0.2) is 0 Å². The smallest absolute Gasteiger partial charge is 0.392 e. The zero-order chi connectivity index (χ0) is 16.0. The molecular formula is C14H18F3N3O2. The van der Waals surface area contributed by atoms with Gasteiger partial charge in [-0.05, 0) is 18.9 Å². The van der Waals surface area contributed by atoms with E-state index in [2.05, 4.69) is 9.97 Å². The Morgan fingerprint density at radius 3 is 2.59 bits per heavy atom. The van der Waals surface area contributed by atoms with Crippen LogP contribution in [-0.2, 0) is 10.9 Å². The maximum atomic E-state index is 12.7. The van der Waals surface area contributed by atoms with Gasteiger partial charge >= 0.3 is 6.18 Å². The van der Waals surface area contributed by atoms with Gasteiger partial charge in [0, 0.05) is 38.2 Å². The summed E-state index contributed by atoms with van der Waals surface area (Å²) >= 11 is 0. The number of aromatic nitrogens is 2. The molecule has 2 atom stereocenters. The largest absolute Gasteiger partial charge is 0.433 e. The Morgan fingerprint density at radius 1 is 1.36 bits per heavy atom. The molecule has 1 saturated heterocycles. The van der Waals surface area contributed by atoms with Gasteiger partial charge in [-0.1, -0.05) is 0 Å². The van der Waals surface area contributed by atoms with Gasteiger partial charge in [0.2, 0.25) is 5.95 Å². The van der Waals surface area contributed by atoms with Crippen LogP contribution in [0.3, 0.4) is 0 Å². The van der Waals surface area contributed by atoms with Crippen molar-refractivity contribution in [2.75, 3.05) is 25.1 Å². The quantitative estimate of drug-likeness (QED) is 0.902. The first-order valence-electron chi connectivity index (χ1n) is 7.23. The number of halogens is 3. The molecule has 1 aromatic rings. The van der Waals surface area contributed by atoms with E-state index in [1.807, 2.05) is 0 Å². The molecule has 0 bridgehead atoms. The predicted octanol–water partition coefficient (Wildman–Crippen LogP) is 1.86. The predicted molar refractivity (Wildman–Crippen MR) is 72.3 cm³/mol. The van der Waals surface area contributed by atoms with Crippen LogP contribution in [0.25, 0.3) is 0 Å². The van der Waals surface area contributed by atoms with Crippen molar-refractivity contribution in [2.45, 2.75) is 37.6 Å². The van der Waals surface area contributed by atoms with Crippen LogP contribution in [0.2, 0.25) is 0 Å². The number of alkyl halides is 3. The minimum absolute atomic E-state index is 0.0204. The molecule has 1 saturated carbocycles. The number of piperidine rings is 1. The summed E-state index contributed by atoms with van der Waals surface area (Å²) in [6.45, 7) is 1.02. The Balaban J connectivity index is 1.72. The number of ether oxygens (including phenoxy) is 1. The zero-order valence-corrected chi connectivity index (χ0v) is 12.2. The maximum absolute atomic E-state index is 12.7. The van der Waals surface area contributed by atoms with E-state index in [9.17, 15) is 18.3 Å². The lowest BCUT2D eigenvalue weighted by Crippen LogP contribution is -2.62. The zero-order valence-electron chi connectivity index (χ0n) is 12.2. The van der Waals surface area contributed by atoms with Crippen molar-refractivity contribution in [3.8, 4) is 0 Å². The molecule has 2 aliphatic rings. The van der Waals surface area contributed by atoms with Crippen molar-refractivity contribution in [3.63, 3.8) is 0 Å². The van der Waals surface area contributed by atoms with Crippen molar-refractivity contribution >= 4 is 5.95 Å². The average Bonchev–Trinajstić information content (AvgIpc) is 2.52. The highest BCUT2D eigenvalue weighted by Gasteiger charge is 2.56. The minimum atomic E-state index is -4.47. The van der Waals surface area contributed by atoms with Gasteiger partial charge in [0.25, 0.3) is 0 Å². The van der Waals surface area contributed by atoms with Crippen molar-refractivity contribution in [1.29, 1.82) is 0 Å². The van der Waals surface area contributed by atoms with Gasteiger partial charge in [-0.3, -0.25) is 0 Å². The standard InChI is InChI=1S/C14H18F3N3O2/c1-22-11-8-10(21)13(11)3-6-20(7-4-13)12-18-5-2-9(19-12)14(15,16)17/h2,5,10-11,21H,3-4,6-8H2,1H3/t10-,11+/m0/s1. The number of hydrogen-bond donors (Lipinski definition) is 1. The summed E-state index contributed by atoms with van der Waals surface area (Å²) in [6, 6.07) is 0.867. The van der Waals surface area contributed by atoms with Crippen LogP contribution in [0.5, 0.6) is 0 Å². The second-order valence-corrected chi connectivity index (χ2v) is 5.94. The summed E-state index contributed by atoms with van der Waals surface area (Å²) in [5, 5.41) is 10.1. The molecule has 5 nitrogen and oxygen atoms in total. The molecule has 22 heavy (non-hydrogen) atoms. The SMILES string of the molecule is CO[C@@H]1C[C@H](O)C12CCN(c1nccc(C(F)(F)F)n1)CC2. The number of anilines is 1. The fraction of sp³-hybridized carbons (Fsp3) is 0.714. The van der Waals surface area contributed by atoms with Gasteiger partial charge in [-0.25, -0.2) is 9.97 Å². The van der Waals surface area contributed by atoms with Gasteiger partial charge in [-0.15, -0.1) is 0 Å². The maximum Gasteiger partial charge on any atom is 0.433 e. The molecule has 3 rings (SSSR count). The fourth-order valence-electron chi connectivity index (χ4n) is 3.49. The first-order chi connectivity index (χ1) is 10.4. The molecule has 2 fully saturated rings. The number of aliphatic hydroxyl groups excluding tert-OH is 1. The molecule has 122 valence electrons. The molecule has 2 heterocycles. The Morgan fingerprint density at radius 2 is 2.05 bits per heavy atom. The second kappa shape index (κ2) is 5.34. The van der Waals surface area contributed by atoms with E-state index >= 15 is 0 Å². The monoisotopic (exact) mass is 317 g/mol. The lowest BCUT2D eigenvalue weighted by Gasteiger charge is -2.56. The number of hydrogen-bond acceptors (Lipinski definition) is 5. The molecule has 0 radical (unpaired) electrons. The highest BCUT2D eigenvalue weighted by molar-refractivity contribution is 5.32. The van der Waals surface area contributed by atoms with Crippen LogP contribution in [0, 0.1) is 5.41 Å². The molecule has 0 aromatic carbocycles. The Kier molecular flexibility index (Phi) is 3.76. The van der Waals surface area contributed by atoms with Crippen LogP contribution in [0.4, 0.5) is 19.1 Å². The van der Waals surface area contributed by atoms with Gasteiger partial charge in [0.1, 0.15) is 5.69 Å². The highest BCUT2D eigenvalue weighted by atomic mass is 19.4. The van der Waals surface area contributed by atoms with Crippen LogP contribution in [0.1, 0.15) is 25.0 Å². The summed E-state index contributed by atoms with van der Waals surface area (Å²) in [4.78, 5) is 9.30. The number of methoxy groups -OCH3 is 1. The molecule has 0 unspecified atom stereocenters. The van der Waals surface area contributed by atoms with E-state index in [0.717, 1.165) is 12.3 Å². The second-order valence-electron chi connectivity index (χ2n) is 5.94. The molecule has 1 aromatic heterocycles. The van der Waals surface area contributed by atoms with E-state index in [0.29, 0.717) is 32.4 Å². The van der Waals surface area contributed by atoms with Crippen LogP contribution < -0.4 is 4.90 Å². The lowest BCUT2D eigenvalue weighted by atomic mass is 9.58. The molecular weight excluding hydrogens is 299 g/mol. The molecule has 8 heteroatoms. The highest BCUT2D eigenvalue weighted by Crippen LogP contribution is 2.50. The van der Waals surface area contributed by atoms with Crippen molar-refractivity contribution in [1.82, 2.24) is 9.97 Å². The first-order valence-corrected chi connectivity index (χ1v) is 7.23. The summed E-state index contributed by atoms with van der Waals surface area (Å²) < 4.78 is 43.5. The average molecular weight is 317 g/mol. The summed E-state index contributed by atoms with van der Waals surface area (Å²) in [6.07, 6.45) is -1.78. The van der Waals surface area contributed by atoms with Gasteiger partial charge in [-0.2, -0.15) is 13.2 Å². The number of aliphatic hydroxyl groups is 1. The molecule has 1 spiro atoms. The lowest BCUT2D eigenvalue weighted by molar-refractivity contribution is -0.190. The van der Waals surface area contributed by atoms with E-state index in [-0.39, 0.29) is 17.5 Å². The fourth-order valence-corrected chi connectivity index (χ4v) is 3.49. The molecule has 1 aliphatic heterocycles. The third kappa shape index (κ3) is 2.44. The normalized spacial score (nSPS) is 27.8. The van der Waals surface area contributed by atoms with E-state index in [1.54, 1.807) is 12.0 Å². The van der Waals surface area contributed by atoms with Crippen LogP contribution in [0.15, 0.2) is 12.3 Å². The summed E-state index contributed by atoms with van der Waals surface area (Å²) in [5.74, 6) is 0.0902. The first kappa shape index (κ1) is 15.5. The van der Waals surface area contributed by atoms with E-state index < -0.39 is 18.0 Å². The Bertz CT molecular complexity index is 544. The van der Waals surface area contributed by atoms with Gasteiger partial charge in [0.05, 0.1) is 12.2 Å². The number of nitrogens with zero attached hydrogens (tertiary/aromatic N) is 3. The van der Waals surface area contributed by atoms with Crippen LogP contribution >= 0.6 is 0 Å². The van der Waals surface area contributed by atoms with E-state index in [1.165, 1.54) is 0 Å². The third-order valence-corrected chi connectivity index (χ3v) is 4.94.